The molecule has 542 valence electrons. The summed E-state index contributed by atoms with van der Waals surface area (Å²) in [7, 11) is -5.26. The number of allylic oxidation sites excluding steroid dienone is 7. The summed E-state index contributed by atoms with van der Waals surface area (Å²) >= 11 is 0. The van der Waals surface area contributed by atoms with Crippen molar-refractivity contribution in [1.29, 1.82) is 0 Å². The predicted molar refractivity (Wildman–Crippen MR) is 344 cm³/mol. The fraction of sp³-hybridized carbons (Fsp3) is 0.809. The van der Waals surface area contributed by atoms with E-state index in [1.807, 2.05) is 6.08 Å². The summed E-state index contributed by atoms with van der Waals surface area (Å²) in [6.07, 6.45) is 1.00. The first kappa shape index (κ1) is 85.6. The Morgan fingerprint density at radius 2 is 1.28 bits per heavy atom. The van der Waals surface area contributed by atoms with Gasteiger partial charge in [0.25, 0.3) is 0 Å². The Hall–Kier alpha value is -1.82. The van der Waals surface area contributed by atoms with Crippen LogP contribution < -0.4 is 29.6 Å². The normalized spacial score (nSPS) is 33.2. The summed E-state index contributed by atoms with van der Waals surface area (Å²) in [4.78, 5) is 13.3. The number of carbonyl (C=O) groups excluding carboxylic acids is 1. The van der Waals surface area contributed by atoms with E-state index in [9.17, 15) is 84.1 Å². The number of hydrogen-bond donors (Lipinski definition) is 13. The van der Waals surface area contributed by atoms with Crippen LogP contribution in [-0.4, -0.2) is 245 Å². The molecule has 0 amide bonds. The van der Waals surface area contributed by atoms with Gasteiger partial charge in [-0.1, -0.05) is 106 Å². The minimum atomic E-state index is -5.26. The van der Waals surface area contributed by atoms with Gasteiger partial charge in [0.2, 0.25) is 10.4 Å². The first-order valence-electron chi connectivity index (χ1n) is 34.1. The quantitative estimate of drug-likeness (QED) is 0.00756. The first-order chi connectivity index (χ1) is 44.7. The van der Waals surface area contributed by atoms with Gasteiger partial charge in [-0.25, -0.2) is 8.42 Å². The minimum absolute atomic E-state index is 0. The molecule has 19 unspecified atom stereocenters. The monoisotopic (exact) mass is 1380 g/mol. The number of hydrogen-bond acceptors (Lipinski definition) is 25. The summed E-state index contributed by atoms with van der Waals surface area (Å²) in [5.41, 5.74) is 2.11. The zero-order valence-electron chi connectivity index (χ0n) is 56.0. The molecule has 25 atom stereocenters. The summed E-state index contributed by atoms with van der Waals surface area (Å²) in [6.45, 7) is 14.3. The molecule has 27 heteroatoms. The van der Waals surface area contributed by atoms with Gasteiger partial charge in [0, 0.05) is 38.5 Å². The molecule has 13 N–H and O–H groups in total. The van der Waals surface area contributed by atoms with Crippen molar-refractivity contribution in [3.63, 3.8) is 0 Å². The average molecular weight is 1390 g/mol. The van der Waals surface area contributed by atoms with E-state index in [1.54, 1.807) is 0 Å². The van der Waals surface area contributed by atoms with E-state index in [4.69, 9.17) is 33.2 Å². The predicted octanol–water partition coefficient (Wildman–Crippen LogP) is 0.647. The van der Waals surface area contributed by atoms with Crippen LogP contribution in [-0.2, 0) is 52.5 Å². The number of ketones is 1. The van der Waals surface area contributed by atoms with Crippen molar-refractivity contribution in [3.8, 4) is 0 Å². The SMILES string of the molecule is C=CCC(=C)C[C@@H]1CC(O)[C@H](C/C=C/CC(=C)/C=C/CC/C=C/CCCCCCCC(C)CCC2OC2CCCC(CC(O)CC(=O)CC(O)CCC(O)[C@@H]2CC(O)C(OS(=O)(=O)[O-])[C@@H](CC(C)O)O2)OC2O[C@H](COC3O[C@H](CO)C(O)C(O)C3O)C(O)C(O)C2O)O1.[Na+]. The maximum Gasteiger partial charge on any atom is 1.00 e. The van der Waals surface area contributed by atoms with Gasteiger partial charge in [-0.05, 0) is 109 Å². The fourth-order valence-corrected chi connectivity index (χ4v) is 13.3. The van der Waals surface area contributed by atoms with Crippen molar-refractivity contribution in [3.05, 3.63) is 73.4 Å². The van der Waals surface area contributed by atoms with Crippen molar-refractivity contribution in [2.24, 2.45) is 5.92 Å². The van der Waals surface area contributed by atoms with Gasteiger partial charge in [-0.3, -0.25) is 8.98 Å². The van der Waals surface area contributed by atoms with Gasteiger partial charge < -0.3 is 104 Å². The summed E-state index contributed by atoms with van der Waals surface area (Å²) in [6, 6.07) is 0. The minimum Gasteiger partial charge on any atom is -0.726 e. The number of aliphatic hydroxyl groups is 13. The van der Waals surface area contributed by atoms with Crippen LogP contribution in [0.15, 0.2) is 73.4 Å². The number of rotatable bonds is 47. The van der Waals surface area contributed by atoms with E-state index in [0.29, 0.717) is 31.6 Å². The standard InChI is InChI=1S/C68H114O25S.Na/c1-6-21-43(4)32-49-37-51(75)53(87-49)26-19-18-24-41(2)22-16-14-12-10-8-7-9-11-13-15-17-23-42(3)28-31-55-54(89-55)27-20-25-48(88-68-65(82)63(80)61(78)59(92-68)40-86-67-64(81)62(79)60(77)58(39-69)91-67)36-47(73)35-46(72)34-45(71)29-30-50(74)56-38-52(76)66(93-94(83,84)85)57(90-56)33-44(5)70;/h6,8,10,16,18-19,22,42,44-45,47-71,73-82H,1-2,4,7,9,11-15,17,20-21,23-40H2,3,5H3,(H,83,84,85);/q;+1/p-1/b10-8+,19-18+,22-16+;/t42?,44?,45?,47?,48?,49-,50?,51?,52?,53+,54?,55?,56+,57-,58-,59-,60?,61?,62?,63?,64?,65?,66?,67?,68?;/m1./s1. The van der Waals surface area contributed by atoms with Gasteiger partial charge in [-0.15, -0.1) is 6.58 Å². The van der Waals surface area contributed by atoms with Crippen LogP contribution in [0.5, 0.6) is 0 Å². The Bertz CT molecular complexity index is 2420. The topological polar surface area (TPSA) is 414 Å². The molecule has 95 heavy (non-hydrogen) atoms. The molecule has 0 aromatic carbocycles. The molecule has 0 aromatic heterocycles. The van der Waals surface area contributed by atoms with Crippen LogP contribution in [0, 0.1) is 5.92 Å². The third-order valence-electron chi connectivity index (χ3n) is 18.2. The molecule has 5 rings (SSSR count). The third kappa shape index (κ3) is 31.5. The Kier molecular flexibility index (Phi) is 40.1. The van der Waals surface area contributed by atoms with E-state index >= 15 is 0 Å². The van der Waals surface area contributed by atoms with E-state index in [1.165, 1.54) is 26.2 Å². The molecule has 5 aliphatic rings. The Labute approximate surface area is 584 Å². The van der Waals surface area contributed by atoms with Crippen LogP contribution in [0.2, 0.25) is 0 Å². The van der Waals surface area contributed by atoms with Crippen molar-refractivity contribution in [2.75, 3.05) is 13.2 Å². The summed E-state index contributed by atoms with van der Waals surface area (Å²) in [5.74, 6) is -0.0265. The van der Waals surface area contributed by atoms with Crippen molar-refractivity contribution >= 4 is 16.2 Å². The van der Waals surface area contributed by atoms with E-state index < -0.39 is 165 Å². The van der Waals surface area contributed by atoms with Gasteiger partial charge in [0.05, 0.1) is 92.6 Å². The molecule has 0 aromatic rings. The van der Waals surface area contributed by atoms with Gasteiger partial charge in [-0.2, -0.15) is 0 Å². The second-order valence-electron chi connectivity index (χ2n) is 26.7. The molecule has 5 aliphatic heterocycles. The molecule has 0 saturated carbocycles. The summed E-state index contributed by atoms with van der Waals surface area (Å²) in [5, 5.41) is 138. The summed E-state index contributed by atoms with van der Waals surface area (Å²) < 4.78 is 79.4. The zero-order valence-corrected chi connectivity index (χ0v) is 58.8. The van der Waals surface area contributed by atoms with Crippen LogP contribution >= 0.6 is 0 Å². The Morgan fingerprint density at radius 1 is 0.632 bits per heavy atom. The Balaban J connectivity index is 0.0000192. The van der Waals surface area contributed by atoms with Gasteiger partial charge in [0.1, 0.15) is 60.7 Å². The molecule has 5 saturated heterocycles. The number of Topliss-reactive ketones (excluding diaryl/α,β-unsaturated/α-hetero) is 1. The molecule has 5 fully saturated rings. The second-order valence-corrected chi connectivity index (χ2v) is 27.8. The van der Waals surface area contributed by atoms with Crippen LogP contribution in [0.1, 0.15) is 181 Å². The molecule has 0 radical (unpaired) electrons. The van der Waals surface area contributed by atoms with E-state index in [0.717, 1.165) is 81.8 Å². The number of epoxide rings is 1. The average Bonchev–Trinajstić information content (AvgIpc) is 1.76. The molecular weight excluding hydrogens is 1270 g/mol. The fourth-order valence-electron chi connectivity index (χ4n) is 12.7. The van der Waals surface area contributed by atoms with E-state index in [-0.39, 0.29) is 92.5 Å². The number of aliphatic hydroxyl groups excluding tert-OH is 13. The largest absolute Gasteiger partial charge is 1.00 e. The van der Waals surface area contributed by atoms with E-state index in [2.05, 4.69) is 67.3 Å². The molecule has 5 heterocycles. The van der Waals surface area contributed by atoms with Crippen molar-refractivity contribution in [2.45, 2.75) is 328 Å². The zero-order chi connectivity index (χ0) is 69.1. The second kappa shape index (κ2) is 44.5. The first-order valence-corrected chi connectivity index (χ1v) is 35.4. The van der Waals surface area contributed by atoms with Crippen LogP contribution in [0.3, 0.4) is 0 Å². The van der Waals surface area contributed by atoms with Crippen LogP contribution in [0.4, 0.5) is 0 Å². The molecule has 0 spiro atoms. The maximum absolute atomic E-state index is 13.3. The Morgan fingerprint density at radius 3 is 1.99 bits per heavy atom. The van der Waals surface area contributed by atoms with Crippen molar-refractivity contribution < 1.29 is 151 Å². The number of ether oxygens (including phenoxy) is 7. The number of unbranched alkanes of at least 4 members (excludes halogenated alkanes) is 6. The third-order valence-corrected chi connectivity index (χ3v) is 18.7. The van der Waals surface area contributed by atoms with Gasteiger partial charge >= 0.3 is 29.6 Å². The molecule has 0 bridgehead atoms. The van der Waals surface area contributed by atoms with Crippen LogP contribution in [0.25, 0.3) is 0 Å². The van der Waals surface area contributed by atoms with Crippen molar-refractivity contribution in [1.82, 2.24) is 0 Å². The molecule has 0 aliphatic carbocycles. The number of carbonyl (C=O) groups is 1. The van der Waals surface area contributed by atoms with Gasteiger partial charge in [0.15, 0.2) is 12.6 Å². The maximum atomic E-state index is 13.3. The smallest absolute Gasteiger partial charge is 0.726 e. The molecular formula is C68H113NaO25S. The molecule has 25 nitrogen and oxygen atoms in total.